The fourth-order valence-corrected chi connectivity index (χ4v) is 2.50. The Bertz CT molecular complexity index is 804. The van der Waals surface area contributed by atoms with Crippen molar-refractivity contribution in [2.24, 2.45) is 0 Å². The van der Waals surface area contributed by atoms with Crippen molar-refractivity contribution in [2.75, 3.05) is 19.5 Å². The molecule has 2 rings (SSSR count). The molecule has 2 aromatic rings. The van der Waals surface area contributed by atoms with Crippen LogP contribution in [-0.4, -0.2) is 32.1 Å². The van der Waals surface area contributed by atoms with Crippen molar-refractivity contribution < 1.29 is 19.1 Å². The third-order valence-corrected chi connectivity index (χ3v) is 3.85. The van der Waals surface area contributed by atoms with E-state index in [0.717, 1.165) is 0 Å². The number of rotatable bonds is 6. The number of methoxy groups -OCH3 is 2. The van der Waals surface area contributed by atoms with Gasteiger partial charge in [0.1, 0.15) is 11.5 Å². The molecule has 26 heavy (non-hydrogen) atoms. The first-order valence-corrected chi connectivity index (χ1v) is 8.37. The Kier molecular flexibility index (Phi) is 6.46. The monoisotopic (exact) mass is 376 g/mol. The van der Waals surface area contributed by atoms with Crippen molar-refractivity contribution in [3.8, 4) is 11.5 Å². The molecule has 0 bridgehead atoms. The molecule has 0 saturated heterocycles. The van der Waals surface area contributed by atoms with Crippen LogP contribution in [0.1, 0.15) is 34.6 Å². The molecule has 0 aliphatic rings. The molecule has 138 valence electrons. The number of carbonyl (C=O) groups is 2. The number of carbonyl (C=O) groups excluding carboxylic acids is 2. The fraction of sp³-hybridized carbons (Fsp3) is 0.263. The molecule has 6 nitrogen and oxygen atoms in total. The minimum absolute atomic E-state index is 0.0397. The van der Waals surface area contributed by atoms with Crippen molar-refractivity contribution in [1.82, 2.24) is 5.32 Å². The summed E-state index contributed by atoms with van der Waals surface area (Å²) in [7, 11) is 2.97. The maximum Gasteiger partial charge on any atom is 0.255 e. The summed E-state index contributed by atoms with van der Waals surface area (Å²) in [5.41, 5.74) is 1.32. The van der Waals surface area contributed by atoms with E-state index in [2.05, 4.69) is 10.6 Å². The molecular formula is C19H21ClN2O4. The van der Waals surface area contributed by atoms with Gasteiger partial charge >= 0.3 is 0 Å². The largest absolute Gasteiger partial charge is 0.495 e. The van der Waals surface area contributed by atoms with Crippen LogP contribution in [0.4, 0.5) is 5.69 Å². The zero-order chi connectivity index (χ0) is 19.3. The summed E-state index contributed by atoms with van der Waals surface area (Å²) < 4.78 is 10.4. The van der Waals surface area contributed by atoms with Gasteiger partial charge in [0.25, 0.3) is 11.8 Å². The van der Waals surface area contributed by atoms with Gasteiger partial charge in [-0.3, -0.25) is 9.59 Å². The number of amides is 2. The highest BCUT2D eigenvalue weighted by Gasteiger charge is 2.14. The van der Waals surface area contributed by atoms with Gasteiger partial charge in [-0.05, 0) is 38.1 Å². The molecule has 0 saturated carbocycles. The summed E-state index contributed by atoms with van der Waals surface area (Å²) in [6.45, 7) is 3.76. The van der Waals surface area contributed by atoms with Crippen LogP contribution < -0.4 is 20.1 Å². The van der Waals surface area contributed by atoms with Gasteiger partial charge in [0.2, 0.25) is 0 Å². The second kappa shape index (κ2) is 8.58. The van der Waals surface area contributed by atoms with Crippen molar-refractivity contribution in [2.45, 2.75) is 19.9 Å². The fourth-order valence-electron chi connectivity index (χ4n) is 2.27. The number of nitrogens with one attached hydrogen (secondary N) is 2. The summed E-state index contributed by atoms with van der Waals surface area (Å²) in [5.74, 6) is 0.306. The third-order valence-electron chi connectivity index (χ3n) is 3.55. The SMILES string of the molecule is COc1cc(NC(=O)c2ccc(C(=O)NC(C)C)cc2)c(OC)cc1Cl. The van der Waals surface area contributed by atoms with Crippen molar-refractivity contribution in [3.63, 3.8) is 0 Å². The third kappa shape index (κ3) is 4.67. The molecule has 0 spiro atoms. The van der Waals surface area contributed by atoms with Gasteiger partial charge in [0.15, 0.2) is 0 Å². The van der Waals surface area contributed by atoms with Crippen LogP contribution in [0, 0.1) is 0 Å². The van der Waals surface area contributed by atoms with Gasteiger partial charge in [0, 0.05) is 29.3 Å². The van der Waals surface area contributed by atoms with Gasteiger partial charge in [-0.2, -0.15) is 0 Å². The van der Waals surface area contributed by atoms with Crippen LogP contribution in [0.3, 0.4) is 0 Å². The van der Waals surface area contributed by atoms with E-state index in [0.29, 0.717) is 33.3 Å². The lowest BCUT2D eigenvalue weighted by Crippen LogP contribution is -2.30. The predicted octanol–water partition coefficient (Wildman–Crippen LogP) is 3.75. The average Bonchev–Trinajstić information content (AvgIpc) is 2.62. The van der Waals surface area contributed by atoms with Gasteiger partial charge in [-0.25, -0.2) is 0 Å². The molecule has 0 atom stereocenters. The van der Waals surface area contributed by atoms with Crippen LogP contribution >= 0.6 is 11.6 Å². The predicted molar refractivity (Wildman–Crippen MR) is 102 cm³/mol. The first-order chi connectivity index (χ1) is 12.3. The van der Waals surface area contributed by atoms with Crippen LogP contribution in [0.25, 0.3) is 0 Å². The molecule has 2 N–H and O–H groups in total. The van der Waals surface area contributed by atoms with Crippen molar-refractivity contribution in [1.29, 1.82) is 0 Å². The lowest BCUT2D eigenvalue weighted by Gasteiger charge is -2.13. The number of halogens is 1. The topological polar surface area (TPSA) is 76.7 Å². The normalized spacial score (nSPS) is 10.4. The lowest BCUT2D eigenvalue weighted by atomic mass is 10.1. The van der Waals surface area contributed by atoms with Crippen molar-refractivity contribution in [3.05, 3.63) is 52.5 Å². The van der Waals surface area contributed by atoms with E-state index >= 15 is 0 Å². The van der Waals surface area contributed by atoms with E-state index in [-0.39, 0.29) is 17.9 Å². The molecule has 0 aliphatic carbocycles. The Morgan fingerprint density at radius 2 is 1.46 bits per heavy atom. The second-order valence-electron chi connectivity index (χ2n) is 5.85. The first kappa shape index (κ1) is 19.6. The van der Waals surface area contributed by atoms with Gasteiger partial charge in [0.05, 0.1) is 24.9 Å². The summed E-state index contributed by atoms with van der Waals surface area (Å²) in [4.78, 5) is 24.4. The molecule has 0 aromatic heterocycles. The van der Waals surface area contributed by atoms with Gasteiger partial charge in [-0.1, -0.05) is 11.6 Å². The Morgan fingerprint density at radius 1 is 0.923 bits per heavy atom. The van der Waals surface area contributed by atoms with Crippen LogP contribution in [0.15, 0.2) is 36.4 Å². The lowest BCUT2D eigenvalue weighted by molar-refractivity contribution is 0.0941. The van der Waals surface area contributed by atoms with E-state index in [1.807, 2.05) is 13.8 Å². The Labute approximate surface area is 157 Å². The quantitative estimate of drug-likeness (QED) is 0.805. The molecule has 0 radical (unpaired) electrons. The standard InChI is InChI=1S/C19H21ClN2O4/c1-11(2)21-18(23)12-5-7-13(8-6-12)19(24)22-15-10-16(25-3)14(20)9-17(15)26-4/h5-11H,1-4H3,(H,21,23)(H,22,24). The number of benzene rings is 2. The van der Waals surface area contributed by atoms with E-state index < -0.39 is 0 Å². The smallest absolute Gasteiger partial charge is 0.255 e. The second-order valence-corrected chi connectivity index (χ2v) is 6.25. The molecule has 0 heterocycles. The average molecular weight is 377 g/mol. The number of anilines is 1. The molecule has 0 unspecified atom stereocenters. The first-order valence-electron chi connectivity index (χ1n) is 7.99. The van der Waals surface area contributed by atoms with Gasteiger partial charge < -0.3 is 20.1 Å². The van der Waals surface area contributed by atoms with Crippen molar-refractivity contribution >= 4 is 29.1 Å². The molecule has 2 amide bonds. The number of hydrogen-bond donors (Lipinski definition) is 2. The summed E-state index contributed by atoms with van der Waals surface area (Å²) >= 11 is 6.06. The molecular weight excluding hydrogens is 356 g/mol. The Morgan fingerprint density at radius 3 is 1.96 bits per heavy atom. The number of hydrogen-bond acceptors (Lipinski definition) is 4. The van der Waals surface area contributed by atoms with E-state index in [9.17, 15) is 9.59 Å². The minimum Gasteiger partial charge on any atom is -0.495 e. The van der Waals surface area contributed by atoms with E-state index in [1.165, 1.54) is 14.2 Å². The zero-order valence-corrected chi connectivity index (χ0v) is 15.8. The highest BCUT2D eigenvalue weighted by molar-refractivity contribution is 6.32. The van der Waals surface area contributed by atoms with Crippen LogP contribution in [-0.2, 0) is 0 Å². The molecule has 7 heteroatoms. The Hall–Kier alpha value is -2.73. The van der Waals surface area contributed by atoms with E-state index in [4.69, 9.17) is 21.1 Å². The summed E-state index contributed by atoms with van der Waals surface area (Å²) in [6, 6.07) is 9.57. The molecule has 0 aliphatic heterocycles. The van der Waals surface area contributed by atoms with E-state index in [1.54, 1.807) is 36.4 Å². The highest BCUT2D eigenvalue weighted by atomic mass is 35.5. The highest BCUT2D eigenvalue weighted by Crippen LogP contribution is 2.36. The minimum atomic E-state index is -0.344. The summed E-state index contributed by atoms with van der Waals surface area (Å²) in [5, 5.41) is 5.93. The van der Waals surface area contributed by atoms with Crippen LogP contribution in [0.5, 0.6) is 11.5 Å². The Balaban J connectivity index is 2.19. The van der Waals surface area contributed by atoms with Crippen LogP contribution in [0.2, 0.25) is 5.02 Å². The number of ether oxygens (including phenoxy) is 2. The summed E-state index contributed by atoms with van der Waals surface area (Å²) in [6.07, 6.45) is 0. The zero-order valence-electron chi connectivity index (χ0n) is 15.1. The maximum atomic E-state index is 12.5. The molecule has 0 fully saturated rings. The maximum absolute atomic E-state index is 12.5. The van der Waals surface area contributed by atoms with Gasteiger partial charge in [-0.15, -0.1) is 0 Å². The molecule has 2 aromatic carbocycles.